The number of methoxy groups -OCH3 is 1. The van der Waals surface area contributed by atoms with Crippen LogP contribution < -0.4 is 23.8 Å². The van der Waals surface area contributed by atoms with Crippen LogP contribution >= 0.6 is 11.3 Å². The molecule has 10 heteroatoms. The Morgan fingerprint density at radius 1 is 1.00 bits per heavy atom. The average Bonchev–Trinajstić information content (AvgIpc) is 3.75. The molecular weight excluding hydrogens is 616 g/mol. The van der Waals surface area contributed by atoms with E-state index in [1.54, 1.807) is 30.3 Å². The van der Waals surface area contributed by atoms with Crippen molar-refractivity contribution in [3.05, 3.63) is 113 Å². The molecule has 2 aliphatic rings. The summed E-state index contributed by atoms with van der Waals surface area (Å²) in [7, 11) is 1.53. The number of benzene rings is 4. The SMILES string of the molecule is CCOc1ccc2nc(N3C(=O)C(=O)/C(=C(/O)c4ccc5c(c4)C[C@H](C)O5)[C@H]3c3ccc(OCc4ccccc4)c(OC)c3)sc2c1. The third-order valence-electron chi connectivity index (χ3n) is 8.22. The van der Waals surface area contributed by atoms with Gasteiger partial charge in [-0.2, -0.15) is 0 Å². The van der Waals surface area contributed by atoms with Crippen LogP contribution in [0.3, 0.4) is 0 Å². The van der Waals surface area contributed by atoms with Crippen molar-refractivity contribution >= 4 is 44.1 Å². The first-order chi connectivity index (χ1) is 22.8. The molecule has 0 radical (unpaired) electrons. The minimum atomic E-state index is -0.998. The molecular formula is C37H32N2O7S. The fourth-order valence-corrected chi connectivity index (χ4v) is 7.05. The van der Waals surface area contributed by atoms with E-state index in [0.29, 0.717) is 58.7 Å². The van der Waals surface area contributed by atoms with E-state index in [2.05, 4.69) is 0 Å². The Hall–Kier alpha value is -5.35. The van der Waals surface area contributed by atoms with E-state index in [-0.39, 0.29) is 17.4 Å². The predicted octanol–water partition coefficient (Wildman–Crippen LogP) is 7.23. The first-order valence-corrected chi connectivity index (χ1v) is 16.1. The Labute approximate surface area is 275 Å². The van der Waals surface area contributed by atoms with E-state index < -0.39 is 17.7 Å². The Morgan fingerprint density at radius 3 is 2.62 bits per heavy atom. The molecule has 47 heavy (non-hydrogen) atoms. The van der Waals surface area contributed by atoms with Crippen molar-refractivity contribution in [3.63, 3.8) is 0 Å². The summed E-state index contributed by atoms with van der Waals surface area (Å²) in [4.78, 5) is 33.9. The monoisotopic (exact) mass is 648 g/mol. The first kappa shape index (κ1) is 30.3. The number of aliphatic hydroxyl groups is 1. The summed E-state index contributed by atoms with van der Waals surface area (Å²) < 4.78 is 24.1. The molecule has 0 spiro atoms. The fourth-order valence-electron chi connectivity index (χ4n) is 6.03. The van der Waals surface area contributed by atoms with Crippen LogP contribution in [0, 0.1) is 0 Å². The highest BCUT2D eigenvalue weighted by Crippen LogP contribution is 2.46. The minimum Gasteiger partial charge on any atom is -0.507 e. The highest BCUT2D eigenvalue weighted by Gasteiger charge is 2.48. The van der Waals surface area contributed by atoms with Crippen molar-refractivity contribution in [1.82, 2.24) is 4.98 Å². The molecule has 238 valence electrons. The van der Waals surface area contributed by atoms with Gasteiger partial charge in [-0.1, -0.05) is 47.7 Å². The van der Waals surface area contributed by atoms with Gasteiger partial charge in [0, 0.05) is 12.0 Å². The third-order valence-corrected chi connectivity index (χ3v) is 9.24. The van der Waals surface area contributed by atoms with Crippen LogP contribution in [0.2, 0.25) is 0 Å². The van der Waals surface area contributed by atoms with E-state index in [9.17, 15) is 14.7 Å². The van der Waals surface area contributed by atoms with Gasteiger partial charge in [-0.15, -0.1) is 0 Å². The van der Waals surface area contributed by atoms with Crippen molar-refractivity contribution < 1.29 is 33.6 Å². The molecule has 3 heterocycles. The zero-order chi connectivity index (χ0) is 32.7. The number of carbonyl (C=O) groups excluding carboxylic acids is 2. The molecule has 4 aromatic carbocycles. The maximum absolute atomic E-state index is 13.9. The normalized spacial score (nSPS) is 18.3. The van der Waals surface area contributed by atoms with Crippen molar-refractivity contribution in [1.29, 1.82) is 0 Å². The van der Waals surface area contributed by atoms with Crippen LogP contribution in [0.5, 0.6) is 23.0 Å². The topological polar surface area (TPSA) is 107 Å². The van der Waals surface area contributed by atoms with Gasteiger partial charge in [0.1, 0.15) is 30.0 Å². The average molecular weight is 649 g/mol. The highest BCUT2D eigenvalue weighted by atomic mass is 32.1. The summed E-state index contributed by atoms with van der Waals surface area (Å²) >= 11 is 1.27. The number of hydrogen-bond donors (Lipinski definition) is 1. The lowest BCUT2D eigenvalue weighted by molar-refractivity contribution is -0.132. The van der Waals surface area contributed by atoms with Crippen LogP contribution in [-0.4, -0.2) is 41.6 Å². The van der Waals surface area contributed by atoms with Gasteiger partial charge < -0.3 is 24.1 Å². The molecule has 0 unspecified atom stereocenters. The number of aromatic nitrogens is 1. The van der Waals surface area contributed by atoms with Crippen molar-refractivity contribution in [2.24, 2.45) is 0 Å². The summed E-state index contributed by atoms with van der Waals surface area (Å²) in [5, 5.41) is 12.1. The number of hydrogen-bond acceptors (Lipinski definition) is 9. The molecule has 1 amide bonds. The number of fused-ring (bicyclic) bond motifs is 2. The van der Waals surface area contributed by atoms with Crippen LogP contribution in [0.25, 0.3) is 16.0 Å². The van der Waals surface area contributed by atoms with Gasteiger partial charge in [0.05, 0.1) is 35.5 Å². The van der Waals surface area contributed by atoms with Gasteiger partial charge in [0.25, 0.3) is 5.78 Å². The largest absolute Gasteiger partial charge is 0.507 e. The van der Waals surface area contributed by atoms with Crippen molar-refractivity contribution in [2.45, 2.75) is 39.0 Å². The van der Waals surface area contributed by atoms with Gasteiger partial charge in [0.2, 0.25) is 0 Å². The molecule has 7 rings (SSSR count). The highest BCUT2D eigenvalue weighted by molar-refractivity contribution is 7.22. The summed E-state index contributed by atoms with van der Waals surface area (Å²) in [6.45, 7) is 4.71. The number of ether oxygens (including phenoxy) is 4. The Bertz CT molecular complexity index is 2040. The molecule has 1 saturated heterocycles. The lowest BCUT2D eigenvalue weighted by atomic mass is 9.94. The Morgan fingerprint density at radius 2 is 1.83 bits per heavy atom. The second kappa shape index (κ2) is 12.4. The van der Waals surface area contributed by atoms with Crippen LogP contribution in [0.4, 0.5) is 5.13 Å². The van der Waals surface area contributed by atoms with E-state index in [1.807, 2.05) is 68.4 Å². The van der Waals surface area contributed by atoms with Gasteiger partial charge in [-0.3, -0.25) is 14.5 Å². The number of thiazole rings is 1. The van der Waals surface area contributed by atoms with Crippen molar-refractivity contribution in [2.75, 3.05) is 18.6 Å². The number of carbonyl (C=O) groups is 2. The molecule has 5 aromatic rings. The van der Waals surface area contributed by atoms with E-state index >= 15 is 0 Å². The third kappa shape index (κ3) is 5.65. The molecule has 0 aliphatic carbocycles. The molecule has 9 nitrogen and oxygen atoms in total. The summed E-state index contributed by atoms with van der Waals surface area (Å²) in [6.07, 6.45) is 0.677. The summed E-state index contributed by atoms with van der Waals surface area (Å²) in [6, 6.07) is 24.8. The maximum Gasteiger partial charge on any atom is 0.301 e. The van der Waals surface area contributed by atoms with E-state index in [0.717, 1.165) is 21.6 Å². The molecule has 1 aromatic heterocycles. The predicted molar refractivity (Wildman–Crippen MR) is 180 cm³/mol. The van der Waals surface area contributed by atoms with Gasteiger partial charge in [0.15, 0.2) is 16.6 Å². The summed E-state index contributed by atoms with van der Waals surface area (Å²) in [5.41, 5.74) is 3.49. The molecule has 0 saturated carbocycles. The lowest BCUT2D eigenvalue weighted by Crippen LogP contribution is -2.29. The quantitative estimate of drug-likeness (QED) is 0.101. The smallest absolute Gasteiger partial charge is 0.301 e. The minimum absolute atomic E-state index is 0.00495. The number of rotatable bonds is 9. The number of ketones is 1. The number of Topliss-reactive ketones (excluding diaryl/α,β-unsaturated/α-hetero) is 1. The number of anilines is 1. The number of amides is 1. The zero-order valence-electron chi connectivity index (χ0n) is 26.1. The molecule has 1 fully saturated rings. The maximum atomic E-state index is 13.9. The lowest BCUT2D eigenvalue weighted by Gasteiger charge is -2.24. The van der Waals surface area contributed by atoms with Crippen LogP contribution in [0.1, 0.15) is 42.1 Å². The molecule has 1 N–H and O–H groups in total. The van der Waals surface area contributed by atoms with Gasteiger partial charge in [-0.05, 0) is 79.1 Å². The Balaban J connectivity index is 1.34. The standard InChI is InChI=1S/C37H32N2O7S/c1-4-44-26-12-13-27-31(19-26)47-37(38-27)39-33(23-10-15-29(30(18-23)43-3)45-20-22-8-6-5-7-9-22)32(35(41)36(39)42)34(40)24-11-14-28-25(17-24)16-21(2)46-28/h5-15,17-19,21,33,40H,4,16,20H2,1-3H3/b34-32+/t21-,33+/m0/s1. The first-order valence-electron chi connectivity index (χ1n) is 15.3. The molecule has 0 bridgehead atoms. The van der Waals surface area contributed by atoms with Crippen LogP contribution in [-0.2, 0) is 22.6 Å². The van der Waals surface area contributed by atoms with Crippen molar-refractivity contribution in [3.8, 4) is 23.0 Å². The number of aliphatic hydroxyl groups excluding tert-OH is 1. The number of nitrogens with zero attached hydrogens (tertiary/aromatic N) is 2. The summed E-state index contributed by atoms with van der Waals surface area (Å²) in [5.74, 6) is 0.451. The van der Waals surface area contributed by atoms with Crippen LogP contribution in [0.15, 0.2) is 90.5 Å². The second-order valence-corrected chi connectivity index (χ2v) is 12.4. The zero-order valence-corrected chi connectivity index (χ0v) is 26.9. The van der Waals surface area contributed by atoms with Gasteiger partial charge in [-0.25, -0.2) is 4.98 Å². The second-order valence-electron chi connectivity index (χ2n) is 11.4. The van der Waals surface area contributed by atoms with E-state index in [4.69, 9.17) is 23.9 Å². The van der Waals surface area contributed by atoms with Gasteiger partial charge >= 0.3 is 5.91 Å². The van der Waals surface area contributed by atoms with E-state index in [1.165, 1.54) is 23.3 Å². The molecule has 2 aliphatic heterocycles. The Kier molecular flexibility index (Phi) is 8.03. The fraction of sp³-hybridized carbons (Fsp3) is 0.216. The molecule has 2 atom stereocenters.